The molecule has 2 N–H and O–H groups in total. The van der Waals surface area contributed by atoms with Crippen LogP contribution in [0.15, 0.2) is 64.1 Å². The maximum Gasteiger partial charge on any atom is 0.410 e. The number of rotatable bonds is 11. The Balaban J connectivity index is 1.77. The van der Waals surface area contributed by atoms with E-state index in [4.69, 9.17) is 14.9 Å². The number of fused-ring (bicyclic) bond motifs is 1. The van der Waals surface area contributed by atoms with E-state index in [9.17, 15) is 18.0 Å². The zero-order chi connectivity index (χ0) is 28.1. The normalized spacial score (nSPS) is 12.3. The van der Waals surface area contributed by atoms with Gasteiger partial charge in [-0.1, -0.05) is 26.0 Å². The quantitative estimate of drug-likeness (QED) is 0.363. The van der Waals surface area contributed by atoms with Crippen LogP contribution < -0.4 is 5.73 Å². The lowest BCUT2D eigenvalue weighted by Crippen LogP contribution is -2.40. The summed E-state index contributed by atoms with van der Waals surface area (Å²) in [6.45, 7) is 10.4. The SMILES string of the molecule is CC(C)CN(CCCN(Cc1ccc(C(N)=O)cc1)C(=O)OC(C)(C)C)S(=O)(=O)c1ccc2occc2c1. The molecule has 10 heteroatoms. The molecule has 0 saturated carbocycles. The Morgan fingerprint density at radius 1 is 1.03 bits per heavy atom. The Morgan fingerprint density at radius 2 is 1.71 bits per heavy atom. The van der Waals surface area contributed by atoms with Crippen molar-refractivity contribution in [3.63, 3.8) is 0 Å². The predicted molar refractivity (Wildman–Crippen MR) is 146 cm³/mol. The molecule has 206 valence electrons. The van der Waals surface area contributed by atoms with E-state index < -0.39 is 27.6 Å². The smallest absolute Gasteiger partial charge is 0.410 e. The van der Waals surface area contributed by atoms with Crippen molar-refractivity contribution in [3.8, 4) is 0 Å². The molecule has 2 aromatic carbocycles. The summed E-state index contributed by atoms with van der Waals surface area (Å²) < 4.78 is 39.5. The fraction of sp³-hybridized carbons (Fsp3) is 0.429. The lowest BCUT2D eigenvalue weighted by Gasteiger charge is -2.29. The summed E-state index contributed by atoms with van der Waals surface area (Å²) in [6.07, 6.45) is 1.43. The minimum atomic E-state index is -3.77. The summed E-state index contributed by atoms with van der Waals surface area (Å²) in [7, 11) is -3.77. The monoisotopic (exact) mass is 543 g/mol. The van der Waals surface area contributed by atoms with Crippen LogP contribution in [0.4, 0.5) is 4.79 Å². The molecule has 0 atom stereocenters. The van der Waals surface area contributed by atoms with E-state index in [1.165, 1.54) is 10.6 Å². The van der Waals surface area contributed by atoms with E-state index in [1.54, 1.807) is 74.2 Å². The van der Waals surface area contributed by atoms with E-state index in [0.29, 0.717) is 29.5 Å². The molecule has 0 fully saturated rings. The van der Waals surface area contributed by atoms with E-state index in [0.717, 1.165) is 5.56 Å². The molecule has 38 heavy (non-hydrogen) atoms. The second kappa shape index (κ2) is 12.0. The maximum atomic E-state index is 13.6. The summed E-state index contributed by atoms with van der Waals surface area (Å²) >= 11 is 0. The van der Waals surface area contributed by atoms with Crippen molar-refractivity contribution in [2.45, 2.75) is 58.1 Å². The highest BCUT2D eigenvalue weighted by Gasteiger charge is 2.27. The average Bonchev–Trinajstić information content (AvgIpc) is 3.29. The highest BCUT2D eigenvalue weighted by Crippen LogP contribution is 2.24. The van der Waals surface area contributed by atoms with E-state index in [-0.39, 0.29) is 30.4 Å². The van der Waals surface area contributed by atoms with Crippen LogP contribution in [-0.2, 0) is 21.3 Å². The minimum Gasteiger partial charge on any atom is -0.464 e. The van der Waals surface area contributed by atoms with Gasteiger partial charge in [-0.2, -0.15) is 4.31 Å². The first-order chi connectivity index (χ1) is 17.8. The van der Waals surface area contributed by atoms with Crippen molar-refractivity contribution in [1.29, 1.82) is 0 Å². The van der Waals surface area contributed by atoms with Crippen LogP contribution in [0.25, 0.3) is 11.0 Å². The number of carbonyl (C=O) groups is 2. The second-order valence-corrected chi connectivity index (χ2v) is 12.6. The molecule has 0 radical (unpaired) electrons. The molecule has 0 aliphatic heterocycles. The topological polar surface area (TPSA) is 123 Å². The molecule has 0 bridgehead atoms. The van der Waals surface area contributed by atoms with Crippen LogP contribution >= 0.6 is 0 Å². The van der Waals surface area contributed by atoms with Gasteiger partial charge in [0.2, 0.25) is 15.9 Å². The Morgan fingerprint density at radius 3 is 2.32 bits per heavy atom. The highest BCUT2D eigenvalue weighted by molar-refractivity contribution is 7.89. The fourth-order valence-corrected chi connectivity index (χ4v) is 5.64. The minimum absolute atomic E-state index is 0.105. The molecular weight excluding hydrogens is 506 g/mol. The Hall–Kier alpha value is -3.37. The number of benzene rings is 2. The van der Waals surface area contributed by atoms with Gasteiger partial charge in [0.25, 0.3) is 0 Å². The van der Waals surface area contributed by atoms with Gasteiger partial charge < -0.3 is 19.8 Å². The molecule has 1 aromatic heterocycles. The third-order valence-corrected chi connectivity index (χ3v) is 7.59. The number of amides is 2. The zero-order valence-electron chi connectivity index (χ0n) is 22.6. The molecule has 0 saturated heterocycles. The molecule has 3 aromatic rings. The van der Waals surface area contributed by atoms with Gasteiger partial charge in [-0.05, 0) is 75.1 Å². The van der Waals surface area contributed by atoms with E-state index >= 15 is 0 Å². The van der Waals surface area contributed by atoms with Crippen molar-refractivity contribution in [2.24, 2.45) is 11.7 Å². The number of hydrogen-bond donors (Lipinski definition) is 1. The van der Waals surface area contributed by atoms with Crippen LogP contribution in [0.3, 0.4) is 0 Å². The molecular formula is C28H37N3O6S. The van der Waals surface area contributed by atoms with Crippen LogP contribution in [0.2, 0.25) is 0 Å². The first-order valence-electron chi connectivity index (χ1n) is 12.6. The lowest BCUT2D eigenvalue weighted by molar-refractivity contribution is 0.0229. The summed E-state index contributed by atoms with van der Waals surface area (Å²) in [5.41, 5.74) is 6.43. The van der Waals surface area contributed by atoms with Crippen LogP contribution in [0, 0.1) is 5.92 Å². The molecule has 0 aliphatic carbocycles. The van der Waals surface area contributed by atoms with Gasteiger partial charge in [0, 0.05) is 37.1 Å². The van der Waals surface area contributed by atoms with Gasteiger partial charge in [0.1, 0.15) is 11.2 Å². The standard InChI is InChI=1S/C28H37N3O6S/c1-20(2)18-31(38(34,35)24-11-12-25-23(17-24)13-16-36-25)15-6-14-30(27(33)37-28(3,4)5)19-21-7-9-22(10-8-21)26(29)32/h7-13,16-17,20H,6,14-15,18-19H2,1-5H3,(H2,29,32). The molecule has 0 spiro atoms. The fourth-order valence-electron chi connectivity index (χ4n) is 3.97. The number of carbonyl (C=O) groups excluding carboxylic acids is 2. The van der Waals surface area contributed by atoms with Crippen molar-refractivity contribution in [2.75, 3.05) is 19.6 Å². The Labute approximate surface area is 224 Å². The van der Waals surface area contributed by atoms with Gasteiger partial charge in [-0.25, -0.2) is 13.2 Å². The third-order valence-electron chi connectivity index (χ3n) is 5.73. The van der Waals surface area contributed by atoms with Crippen molar-refractivity contribution in [3.05, 3.63) is 65.9 Å². The largest absolute Gasteiger partial charge is 0.464 e. The van der Waals surface area contributed by atoms with E-state index in [1.807, 2.05) is 13.8 Å². The van der Waals surface area contributed by atoms with Gasteiger partial charge in [0.15, 0.2) is 0 Å². The van der Waals surface area contributed by atoms with Crippen LogP contribution in [0.1, 0.15) is 57.0 Å². The lowest BCUT2D eigenvalue weighted by atomic mass is 10.1. The third kappa shape index (κ3) is 7.82. The Kier molecular flexibility index (Phi) is 9.22. The number of nitrogens with two attached hydrogens (primary N) is 1. The van der Waals surface area contributed by atoms with Gasteiger partial charge in [0.05, 0.1) is 11.2 Å². The zero-order valence-corrected chi connectivity index (χ0v) is 23.5. The first-order valence-corrected chi connectivity index (χ1v) is 14.0. The second-order valence-electron chi connectivity index (χ2n) is 10.7. The number of hydrogen-bond acceptors (Lipinski definition) is 6. The number of nitrogens with zero attached hydrogens (tertiary/aromatic N) is 2. The molecule has 1 heterocycles. The number of ether oxygens (including phenoxy) is 1. The summed E-state index contributed by atoms with van der Waals surface area (Å²) in [5.74, 6) is -0.424. The van der Waals surface area contributed by atoms with Gasteiger partial charge >= 0.3 is 6.09 Å². The van der Waals surface area contributed by atoms with Gasteiger partial charge in [-0.3, -0.25) is 4.79 Å². The van der Waals surface area contributed by atoms with Crippen LogP contribution in [0.5, 0.6) is 0 Å². The highest BCUT2D eigenvalue weighted by atomic mass is 32.2. The number of furan rings is 1. The first kappa shape index (κ1) is 29.2. The molecule has 0 aliphatic rings. The number of sulfonamides is 1. The number of primary amides is 1. The molecule has 2 amide bonds. The van der Waals surface area contributed by atoms with E-state index in [2.05, 4.69) is 0 Å². The van der Waals surface area contributed by atoms with Crippen molar-refractivity contribution in [1.82, 2.24) is 9.21 Å². The summed E-state index contributed by atoms with van der Waals surface area (Å²) in [4.78, 5) is 26.1. The van der Waals surface area contributed by atoms with Gasteiger partial charge in [-0.15, -0.1) is 0 Å². The molecule has 0 unspecified atom stereocenters. The van der Waals surface area contributed by atoms with Crippen LogP contribution in [-0.4, -0.2) is 54.9 Å². The maximum absolute atomic E-state index is 13.6. The van der Waals surface area contributed by atoms with Crippen molar-refractivity contribution >= 4 is 33.0 Å². The average molecular weight is 544 g/mol. The molecule has 9 nitrogen and oxygen atoms in total. The molecule has 3 rings (SSSR count). The summed E-state index contributed by atoms with van der Waals surface area (Å²) in [5, 5.41) is 0.717. The summed E-state index contributed by atoms with van der Waals surface area (Å²) in [6, 6.07) is 13.2. The predicted octanol–water partition coefficient (Wildman–Crippen LogP) is 5.01. The Bertz CT molecular complexity index is 1360. The van der Waals surface area contributed by atoms with Crippen molar-refractivity contribution < 1.29 is 27.2 Å².